The Kier molecular flexibility index (Phi) is 13.0. The minimum Gasteiger partial charge on any atom is -0.493 e. The molecule has 11 nitrogen and oxygen atoms in total. The van der Waals surface area contributed by atoms with E-state index >= 15 is 0 Å². The molecule has 0 bridgehead atoms. The lowest BCUT2D eigenvalue weighted by Gasteiger charge is -2.37. The fraction of sp³-hybridized carbons (Fsp3) is 0.444. The second-order valence-electron chi connectivity index (χ2n) is 12.5. The average molecular weight is 835 g/mol. The van der Waals surface area contributed by atoms with Gasteiger partial charge >= 0.3 is 18.4 Å². The number of nitrogens with zero attached hydrogens (tertiary/aromatic N) is 2. The van der Waals surface area contributed by atoms with Gasteiger partial charge in [-0.3, -0.25) is 24.8 Å². The molecule has 1 unspecified atom stereocenters. The van der Waals surface area contributed by atoms with E-state index in [9.17, 15) is 40.7 Å². The Hall–Kier alpha value is -4.42. The molecule has 54 heavy (non-hydrogen) atoms. The molecule has 1 aromatic heterocycles. The van der Waals surface area contributed by atoms with E-state index in [-0.39, 0.29) is 57.7 Å². The van der Waals surface area contributed by atoms with Crippen molar-refractivity contribution >= 4 is 33.7 Å². The number of ether oxygens (including phenoxy) is 5. The van der Waals surface area contributed by atoms with E-state index < -0.39 is 60.1 Å². The van der Waals surface area contributed by atoms with Gasteiger partial charge in [-0.05, 0) is 85.9 Å². The molecule has 1 aliphatic rings. The molecule has 0 aliphatic carbocycles. The molecule has 18 heteroatoms. The zero-order valence-electron chi connectivity index (χ0n) is 30.0. The van der Waals surface area contributed by atoms with Gasteiger partial charge < -0.3 is 23.7 Å². The Balaban J connectivity index is 1.70. The summed E-state index contributed by atoms with van der Waals surface area (Å²) in [5.74, 6) is -1.01. The van der Waals surface area contributed by atoms with Crippen LogP contribution in [-0.4, -0.2) is 73.1 Å². The Labute approximate surface area is 315 Å². The maximum absolute atomic E-state index is 14.2. The number of hydrogen-bond acceptors (Lipinski definition) is 9. The molecule has 1 saturated heterocycles. The normalized spacial score (nSPS) is 16.5. The number of aromatic nitrogens is 1. The summed E-state index contributed by atoms with van der Waals surface area (Å²) in [4.78, 5) is 45.3. The second kappa shape index (κ2) is 16.5. The zero-order valence-corrected chi connectivity index (χ0v) is 31.6. The van der Waals surface area contributed by atoms with Gasteiger partial charge in [0.2, 0.25) is 0 Å². The van der Waals surface area contributed by atoms with Gasteiger partial charge in [0.25, 0.3) is 11.5 Å². The van der Waals surface area contributed by atoms with Gasteiger partial charge in [-0.1, -0.05) is 19.4 Å². The standard InChI is InChI=1S/C36H38BrF6N3O8/c1-7-9-21-14-22(34(35(38,39)40,36(41,42)43)52-19-50-6)10-12-27(21)54-29-16-28(51-8-2)24(15-25(29)37)26(47)18-46-32(49)45-31(48)33(46,5)30-13-11-23(17-44-30)53-20(3)4/h10-17,20H,7-9,18-19H2,1-6H3,(H,45,48,49). The molecule has 3 aromatic rings. The molecule has 1 atom stereocenters. The summed E-state index contributed by atoms with van der Waals surface area (Å²) in [6.45, 7) is 6.57. The number of Topliss-reactive ketones (excluding diaryl/α,β-unsaturated/α-hetero) is 1. The smallest absolute Gasteiger partial charge is 0.430 e. The van der Waals surface area contributed by atoms with E-state index in [0.717, 1.165) is 24.1 Å². The third kappa shape index (κ3) is 8.29. The number of nitrogens with one attached hydrogen (secondary N) is 1. The molecule has 2 heterocycles. The Morgan fingerprint density at radius 1 is 0.981 bits per heavy atom. The predicted molar refractivity (Wildman–Crippen MR) is 184 cm³/mol. The number of carbonyl (C=O) groups excluding carboxylic acids is 3. The highest BCUT2D eigenvalue weighted by Crippen LogP contribution is 2.53. The molecular weight excluding hydrogens is 796 g/mol. The van der Waals surface area contributed by atoms with Crippen molar-refractivity contribution in [1.29, 1.82) is 0 Å². The van der Waals surface area contributed by atoms with Crippen molar-refractivity contribution in [3.05, 3.63) is 75.5 Å². The van der Waals surface area contributed by atoms with Crippen LogP contribution in [0.15, 0.2) is 53.1 Å². The second-order valence-corrected chi connectivity index (χ2v) is 13.4. The molecule has 1 aliphatic heterocycles. The van der Waals surface area contributed by atoms with Gasteiger partial charge in [0, 0.05) is 18.7 Å². The summed E-state index contributed by atoms with van der Waals surface area (Å²) < 4.78 is 112. The van der Waals surface area contributed by atoms with Crippen molar-refractivity contribution in [1.82, 2.24) is 15.2 Å². The molecule has 1 fully saturated rings. The summed E-state index contributed by atoms with van der Waals surface area (Å²) >= 11 is 3.33. The number of benzene rings is 2. The molecular formula is C36H38BrF6N3O8. The minimum atomic E-state index is -5.92. The predicted octanol–water partition coefficient (Wildman–Crippen LogP) is 8.37. The molecule has 294 valence electrons. The molecule has 0 radical (unpaired) electrons. The lowest BCUT2D eigenvalue weighted by atomic mass is 9.89. The van der Waals surface area contributed by atoms with E-state index in [1.165, 1.54) is 31.3 Å². The Morgan fingerprint density at radius 2 is 1.67 bits per heavy atom. The Morgan fingerprint density at radius 3 is 2.22 bits per heavy atom. The Bertz CT molecular complexity index is 1840. The van der Waals surface area contributed by atoms with Crippen LogP contribution in [0, 0.1) is 0 Å². The van der Waals surface area contributed by atoms with Crippen LogP contribution in [0.25, 0.3) is 0 Å². The van der Waals surface area contributed by atoms with Gasteiger partial charge in [-0.2, -0.15) is 26.3 Å². The van der Waals surface area contributed by atoms with Gasteiger partial charge in [-0.25, -0.2) is 4.79 Å². The number of urea groups is 1. The number of pyridine rings is 1. The highest BCUT2D eigenvalue weighted by molar-refractivity contribution is 9.10. The SMILES string of the molecule is CCCc1cc(C(OCOC)(C(F)(F)F)C(F)(F)F)ccc1Oc1cc(OCC)c(C(=O)CN2C(=O)NC(=O)C2(C)c2ccc(OC(C)C)cn2)cc1Br. The van der Waals surface area contributed by atoms with E-state index in [4.69, 9.17) is 14.2 Å². The molecule has 0 spiro atoms. The highest BCUT2D eigenvalue weighted by atomic mass is 79.9. The molecule has 1 N–H and O–H groups in total. The number of hydrogen-bond donors (Lipinski definition) is 1. The minimum absolute atomic E-state index is 0.000290. The molecule has 2 aromatic carbocycles. The number of ketones is 1. The first kappa shape index (κ1) is 42.3. The van der Waals surface area contributed by atoms with E-state index in [1.54, 1.807) is 19.9 Å². The van der Waals surface area contributed by atoms with Crippen LogP contribution < -0.4 is 19.5 Å². The van der Waals surface area contributed by atoms with Gasteiger partial charge in [0.15, 0.2) is 11.3 Å². The number of amides is 3. The maximum atomic E-state index is 14.2. The van der Waals surface area contributed by atoms with Gasteiger partial charge in [0.1, 0.15) is 29.8 Å². The molecule has 0 saturated carbocycles. The summed E-state index contributed by atoms with van der Waals surface area (Å²) in [7, 11) is 0.895. The summed E-state index contributed by atoms with van der Waals surface area (Å²) in [6.07, 6.45) is -10.2. The third-order valence-corrected chi connectivity index (χ3v) is 9.01. The van der Waals surface area contributed by atoms with Gasteiger partial charge in [0.05, 0.1) is 41.2 Å². The number of carbonyl (C=O) groups is 3. The zero-order chi connectivity index (χ0) is 40.2. The maximum Gasteiger partial charge on any atom is 0.430 e. The van der Waals surface area contributed by atoms with Crippen molar-refractivity contribution in [3.8, 4) is 23.0 Å². The fourth-order valence-corrected chi connectivity index (χ4v) is 6.23. The third-order valence-electron chi connectivity index (χ3n) is 8.39. The van der Waals surface area contributed by atoms with Crippen LogP contribution >= 0.6 is 15.9 Å². The molecule has 3 amide bonds. The fourth-order valence-electron chi connectivity index (χ4n) is 5.80. The molecule has 4 rings (SSSR count). The average Bonchev–Trinajstić information content (AvgIpc) is 3.29. The van der Waals surface area contributed by atoms with Crippen molar-refractivity contribution in [2.24, 2.45) is 0 Å². The van der Waals surface area contributed by atoms with Crippen LogP contribution in [0.3, 0.4) is 0 Å². The van der Waals surface area contributed by atoms with E-state index in [0.29, 0.717) is 18.2 Å². The largest absolute Gasteiger partial charge is 0.493 e. The van der Waals surface area contributed by atoms with Crippen LogP contribution in [0.5, 0.6) is 23.0 Å². The van der Waals surface area contributed by atoms with Crippen LogP contribution in [0.2, 0.25) is 0 Å². The van der Waals surface area contributed by atoms with Crippen molar-refractivity contribution in [2.45, 2.75) is 77.1 Å². The van der Waals surface area contributed by atoms with Crippen molar-refractivity contribution in [2.75, 3.05) is 27.1 Å². The first-order valence-electron chi connectivity index (χ1n) is 16.6. The number of halogens is 7. The lowest BCUT2D eigenvalue weighted by molar-refractivity contribution is -0.400. The van der Waals surface area contributed by atoms with Crippen molar-refractivity contribution in [3.63, 3.8) is 0 Å². The monoisotopic (exact) mass is 833 g/mol. The number of aryl methyl sites for hydroxylation is 1. The number of imide groups is 1. The van der Waals surface area contributed by atoms with Crippen molar-refractivity contribution < 1.29 is 64.4 Å². The quantitative estimate of drug-likeness (QED) is 0.0656. The van der Waals surface area contributed by atoms with Crippen LogP contribution in [0.1, 0.15) is 68.2 Å². The summed E-state index contributed by atoms with van der Waals surface area (Å²) in [5.41, 5.74) is -7.46. The van der Waals surface area contributed by atoms with E-state index in [2.05, 4.69) is 35.7 Å². The van der Waals surface area contributed by atoms with Gasteiger partial charge in [-0.15, -0.1) is 0 Å². The number of methoxy groups -OCH3 is 1. The summed E-state index contributed by atoms with van der Waals surface area (Å²) in [5, 5.41) is 2.23. The van der Waals surface area contributed by atoms with Crippen LogP contribution in [0.4, 0.5) is 31.1 Å². The lowest BCUT2D eigenvalue weighted by Crippen LogP contribution is -2.56. The van der Waals surface area contributed by atoms with Crippen LogP contribution in [-0.2, 0) is 31.8 Å². The topological polar surface area (TPSA) is 126 Å². The number of alkyl halides is 6. The highest BCUT2D eigenvalue weighted by Gasteiger charge is 2.73. The number of rotatable bonds is 16. The first-order valence-corrected chi connectivity index (χ1v) is 17.4. The first-order chi connectivity index (χ1) is 25.2. The summed E-state index contributed by atoms with van der Waals surface area (Å²) in [6, 6.07) is 7.21. The van der Waals surface area contributed by atoms with E-state index in [1.807, 2.05) is 13.8 Å².